The summed E-state index contributed by atoms with van der Waals surface area (Å²) in [5, 5.41) is 2.17. The molecule has 0 aromatic carbocycles. The molecule has 4 fully saturated rings. The molecule has 0 amide bonds. The van der Waals surface area contributed by atoms with Crippen LogP contribution in [0.15, 0.2) is 24.5 Å². The second-order valence-corrected chi connectivity index (χ2v) is 7.57. The Bertz CT molecular complexity index is 563. The minimum absolute atomic E-state index is 0.119. The van der Waals surface area contributed by atoms with Gasteiger partial charge >= 0.3 is 0 Å². The van der Waals surface area contributed by atoms with Crippen LogP contribution < -0.4 is 0 Å². The molecule has 2 bridgehead atoms. The number of hydrogen-bond acceptors (Lipinski definition) is 5. The van der Waals surface area contributed by atoms with Gasteiger partial charge in [-0.15, -0.1) is 0 Å². The topological polar surface area (TPSA) is 43.8 Å². The molecule has 3 aliphatic heterocycles. The summed E-state index contributed by atoms with van der Waals surface area (Å²) in [7, 11) is 0. The van der Waals surface area contributed by atoms with Crippen LogP contribution in [0.3, 0.4) is 0 Å². The van der Waals surface area contributed by atoms with Crippen molar-refractivity contribution in [2.45, 2.75) is 68.4 Å². The molecule has 1 aromatic rings. The number of nitrogens with zero attached hydrogens (tertiary/aromatic N) is 2. The minimum atomic E-state index is -0.309. The SMILES string of the molecule is c1cncc([C@@H]2C[C@H]3CC4(COC5(CCCCC5)OC4)N2O3)c1. The summed E-state index contributed by atoms with van der Waals surface area (Å²) in [4.78, 5) is 10.4. The van der Waals surface area contributed by atoms with E-state index in [1.54, 1.807) is 0 Å². The Morgan fingerprint density at radius 2 is 1.96 bits per heavy atom. The third-order valence-electron chi connectivity index (χ3n) is 6.00. The van der Waals surface area contributed by atoms with Gasteiger partial charge in [0.15, 0.2) is 5.79 Å². The molecule has 1 unspecified atom stereocenters. The van der Waals surface area contributed by atoms with Crippen LogP contribution in [-0.4, -0.2) is 40.7 Å². The summed E-state index contributed by atoms with van der Waals surface area (Å²) in [6, 6.07) is 4.41. The maximum absolute atomic E-state index is 6.32. The smallest absolute Gasteiger partial charge is 0.168 e. The number of fused-ring (bicyclic) bond motifs is 3. The van der Waals surface area contributed by atoms with Gasteiger partial charge in [0.2, 0.25) is 0 Å². The Labute approximate surface area is 136 Å². The van der Waals surface area contributed by atoms with Crippen LogP contribution in [0.2, 0.25) is 0 Å². The first-order chi connectivity index (χ1) is 11.3. The van der Waals surface area contributed by atoms with E-state index in [2.05, 4.69) is 16.1 Å². The number of hydroxylamine groups is 2. The Balaban J connectivity index is 1.36. The van der Waals surface area contributed by atoms with Crippen molar-refractivity contribution in [1.82, 2.24) is 10.0 Å². The van der Waals surface area contributed by atoms with Crippen LogP contribution in [0.5, 0.6) is 0 Å². The summed E-state index contributed by atoms with van der Waals surface area (Å²) in [5.74, 6) is -0.309. The highest BCUT2D eigenvalue weighted by atomic mass is 16.7. The average Bonchev–Trinajstić information content (AvgIpc) is 3.18. The zero-order valence-electron chi connectivity index (χ0n) is 13.4. The van der Waals surface area contributed by atoms with Crippen molar-refractivity contribution in [2.24, 2.45) is 0 Å². The molecule has 124 valence electrons. The van der Waals surface area contributed by atoms with E-state index in [0.717, 1.165) is 38.9 Å². The number of aromatic nitrogens is 1. The van der Waals surface area contributed by atoms with E-state index in [-0.39, 0.29) is 23.5 Å². The molecule has 4 heterocycles. The molecule has 23 heavy (non-hydrogen) atoms. The van der Waals surface area contributed by atoms with E-state index >= 15 is 0 Å². The predicted octanol–water partition coefficient (Wildman–Crippen LogP) is 2.98. The van der Waals surface area contributed by atoms with Gasteiger partial charge in [-0.05, 0) is 30.9 Å². The molecule has 1 saturated carbocycles. The highest BCUT2D eigenvalue weighted by Gasteiger charge is 2.59. The van der Waals surface area contributed by atoms with Crippen LogP contribution >= 0.6 is 0 Å². The predicted molar refractivity (Wildman–Crippen MR) is 83.4 cm³/mol. The van der Waals surface area contributed by atoms with Gasteiger partial charge in [-0.3, -0.25) is 9.82 Å². The van der Waals surface area contributed by atoms with Crippen molar-refractivity contribution < 1.29 is 14.3 Å². The monoisotopic (exact) mass is 316 g/mol. The zero-order valence-corrected chi connectivity index (χ0v) is 13.4. The van der Waals surface area contributed by atoms with Gasteiger partial charge in [-0.1, -0.05) is 12.5 Å². The maximum Gasteiger partial charge on any atom is 0.168 e. The quantitative estimate of drug-likeness (QED) is 0.797. The molecule has 0 N–H and O–H groups in total. The van der Waals surface area contributed by atoms with E-state index in [0.29, 0.717) is 0 Å². The first-order valence-corrected chi connectivity index (χ1v) is 8.93. The number of rotatable bonds is 1. The molecule has 5 rings (SSSR count). The summed E-state index contributed by atoms with van der Waals surface area (Å²) in [5.41, 5.74) is 1.11. The van der Waals surface area contributed by atoms with Gasteiger partial charge < -0.3 is 9.47 Å². The fourth-order valence-corrected chi connectivity index (χ4v) is 4.78. The molecule has 1 aromatic heterocycles. The Morgan fingerprint density at radius 1 is 1.13 bits per heavy atom. The lowest BCUT2D eigenvalue weighted by atomic mass is 9.83. The molecule has 5 heteroatoms. The highest BCUT2D eigenvalue weighted by molar-refractivity contribution is 5.19. The number of pyridine rings is 1. The standard InChI is InChI=1S/C18H24N2O3/c1-2-6-18(7-3-1)21-12-17(13-22-18)10-15-9-16(20(17)23-15)14-5-4-8-19-11-14/h4-5,8,11,15-16H,1-3,6-7,9-10,12-13H2/t15-,16-/m0/s1. The van der Waals surface area contributed by atoms with E-state index in [4.69, 9.17) is 14.3 Å². The van der Waals surface area contributed by atoms with Crippen molar-refractivity contribution in [1.29, 1.82) is 0 Å². The third kappa shape index (κ3) is 2.25. The molecule has 3 atom stereocenters. The van der Waals surface area contributed by atoms with Crippen molar-refractivity contribution in [3.63, 3.8) is 0 Å². The lowest BCUT2D eigenvalue weighted by molar-refractivity contribution is -0.334. The second kappa shape index (κ2) is 5.24. The largest absolute Gasteiger partial charge is 0.348 e. The Kier molecular flexibility index (Phi) is 3.27. The van der Waals surface area contributed by atoms with Gasteiger partial charge in [-0.2, -0.15) is 5.06 Å². The number of ether oxygens (including phenoxy) is 2. The molecule has 0 radical (unpaired) electrons. The van der Waals surface area contributed by atoms with E-state index < -0.39 is 0 Å². The Morgan fingerprint density at radius 3 is 2.65 bits per heavy atom. The fraction of sp³-hybridized carbons (Fsp3) is 0.722. The highest BCUT2D eigenvalue weighted by Crippen LogP contribution is 2.52. The molecule has 3 saturated heterocycles. The first-order valence-electron chi connectivity index (χ1n) is 8.93. The second-order valence-electron chi connectivity index (χ2n) is 7.57. The molecule has 4 aliphatic rings. The molecule has 2 spiro atoms. The average molecular weight is 316 g/mol. The van der Waals surface area contributed by atoms with Gasteiger partial charge in [-0.25, -0.2) is 0 Å². The van der Waals surface area contributed by atoms with Gasteiger partial charge in [0.25, 0.3) is 0 Å². The van der Waals surface area contributed by atoms with Crippen LogP contribution in [0.1, 0.15) is 56.6 Å². The van der Waals surface area contributed by atoms with Gasteiger partial charge in [0, 0.05) is 31.7 Å². The lowest BCUT2D eigenvalue weighted by Gasteiger charge is -2.50. The number of hydrogen-bond donors (Lipinski definition) is 0. The molecular formula is C18H24N2O3. The van der Waals surface area contributed by atoms with E-state index in [1.807, 2.05) is 18.5 Å². The first kappa shape index (κ1) is 14.3. The molecule has 1 aliphatic carbocycles. The van der Waals surface area contributed by atoms with Crippen LogP contribution in [0.25, 0.3) is 0 Å². The molecular weight excluding hydrogens is 292 g/mol. The van der Waals surface area contributed by atoms with Gasteiger partial charge in [0.1, 0.15) is 0 Å². The van der Waals surface area contributed by atoms with Crippen LogP contribution in [-0.2, 0) is 14.3 Å². The van der Waals surface area contributed by atoms with Gasteiger partial charge in [0.05, 0.1) is 30.9 Å². The zero-order chi connectivity index (χ0) is 15.3. The van der Waals surface area contributed by atoms with Crippen LogP contribution in [0.4, 0.5) is 0 Å². The van der Waals surface area contributed by atoms with Crippen molar-refractivity contribution >= 4 is 0 Å². The van der Waals surface area contributed by atoms with Crippen molar-refractivity contribution in [2.75, 3.05) is 13.2 Å². The third-order valence-corrected chi connectivity index (χ3v) is 6.00. The van der Waals surface area contributed by atoms with Crippen molar-refractivity contribution in [3.05, 3.63) is 30.1 Å². The minimum Gasteiger partial charge on any atom is -0.348 e. The van der Waals surface area contributed by atoms with E-state index in [1.165, 1.54) is 24.8 Å². The van der Waals surface area contributed by atoms with Crippen LogP contribution in [0, 0.1) is 0 Å². The maximum atomic E-state index is 6.32. The summed E-state index contributed by atoms with van der Waals surface area (Å²) in [6.45, 7) is 1.44. The molecule has 5 nitrogen and oxygen atoms in total. The van der Waals surface area contributed by atoms with E-state index in [9.17, 15) is 0 Å². The summed E-state index contributed by atoms with van der Waals surface area (Å²) >= 11 is 0. The fourth-order valence-electron chi connectivity index (χ4n) is 4.78. The Hall–Kier alpha value is -1.01. The lowest BCUT2D eigenvalue weighted by Crippen LogP contribution is -2.60. The number of piperidine rings is 1. The van der Waals surface area contributed by atoms with Crippen molar-refractivity contribution in [3.8, 4) is 0 Å². The normalized spacial score (nSPS) is 37.5. The summed E-state index contributed by atoms with van der Waals surface area (Å²) in [6.07, 6.45) is 11.9. The summed E-state index contributed by atoms with van der Waals surface area (Å²) < 4.78 is 12.6.